The van der Waals surface area contributed by atoms with Gasteiger partial charge in [0.2, 0.25) is 0 Å². The number of unbranched alkanes of at least 4 members (excludes halogenated alkanes) is 2. The zero-order valence-electron chi connectivity index (χ0n) is 27.0. The molecule has 0 aliphatic heterocycles. The summed E-state index contributed by atoms with van der Waals surface area (Å²) in [6, 6.07) is 14.9. The molecule has 3 rings (SSSR count). The van der Waals surface area contributed by atoms with Crippen LogP contribution in [0.4, 0.5) is 0 Å². The summed E-state index contributed by atoms with van der Waals surface area (Å²) in [5.74, 6) is 0.884. The molecule has 0 radical (unpaired) electrons. The van der Waals surface area contributed by atoms with E-state index >= 15 is 0 Å². The molecule has 0 heterocycles. The van der Waals surface area contributed by atoms with Gasteiger partial charge in [-0.2, -0.15) is 0 Å². The second-order valence-corrected chi connectivity index (χ2v) is 8.22. The molecule has 2 nitrogen and oxygen atoms in total. The van der Waals surface area contributed by atoms with E-state index in [1.807, 2.05) is 53.7 Å². The number of hydrogen-bond acceptors (Lipinski definition) is 2. The molecule has 0 aromatic heterocycles. The lowest BCUT2D eigenvalue weighted by Crippen LogP contribution is -2.04. The summed E-state index contributed by atoms with van der Waals surface area (Å²) < 4.78 is 5.70. The highest BCUT2D eigenvalue weighted by atomic mass is 16.5. The number of para-hydroxylation sites is 1. The monoisotopic (exact) mass is 519 g/mol. The van der Waals surface area contributed by atoms with Crippen molar-refractivity contribution in [3.63, 3.8) is 0 Å². The Kier molecular flexibility index (Phi) is 22.8. The first-order valence-corrected chi connectivity index (χ1v) is 14.8. The molecule has 0 bridgehead atoms. The lowest BCUT2D eigenvalue weighted by molar-refractivity contribution is 0.413. The van der Waals surface area contributed by atoms with E-state index < -0.39 is 0 Å². The minimum atomic E-state index is 0.791. The normalized spacial score (nSPS) is 13.7. The zero-order valence-corrected chi connectivity index (χ0v) is 27.0. The van der Waals surface area contributed by atoms with Gasteiger partial charge in [0, 0.05) is 17.7 Å². The Morgan fingerprint density at radius 3 is 1.84 bits per heavy atom. The predicted octanol–water partition coefficient (Wildman–Crippen LogP) is 11.4. The maximum absolute atomic E-state index is 5.70. The van der Waals surface area contributed by atoms with Gasteiger partial charge in [0.15, 0.2) is 0 Å². The zero-order chi connectivity index (χ0) is 29.5. The van der Waals surface area contributed by atoms with E-state index in [-0.39, 0.29) is 0 Å². The third-order valence-electron chi connectivity index (χ3n) is 5.55. The van der Waals surface area contributed by atoms with Gasteiger partial charge in [0.05, 0.1) is 12.8 Å². The number of hydrogen-bond donors (Lipinski definition) is 0. The molecule has 2 aromatic carbocycles. The molecule has 0 spiro atoms. The van der Waals surface area contributed by atoms with Crippen LogP contribution in [-0.4, -0.2) is 19.4 Å². The molecule has 0 N–H and O–H groups in total. The van der Waals surface area contributed by atoms with Crippen LogP contribution in [-0.2, 0) is 0 Å². The quantitative estimate of drug-likeness (QED) is 0.372. The van der Waals surface area contributed by atoms with Crippen molar-refractivity contribution in [2.75, 3.05) is 13.7 Å². The second-order valence-electron chi connectivity index (χ2n) is 8.22. The van der Waals surface area contributed by atoms with Crippen LogP contribution in [0.5, 0.6) is 5.75 Å². The number of aliphatic imine (C=N–C) groups is 1. The molecule has 2 heteroatoms. The topological polar surface area (TPSA) is 21.6 Å². The van der Waals surface area contributed by atoms with Crippen LogP contribution in [0, 0.1) is 13.8 Å². The van der Waals surface area contributed by atoms with Crippen LogP contribution < -0.4 is 4.74 Å². The number of aryl methyl sites for hydroxylation is 2. The van der Waals surface area contributed by atoms with Gasteiger partial charge in [-0.25, -0.2) is 0 Å². The second kappa shape index (κ2) is 23.3. The van der Waals surface area contributed by atoms with Crippen molar-refractivity contribution >= 4 is 11.3 Å². The fourth-order valence-corrected chi connectivity index (χ4v) is 3.94. The van der Waals surface area contributed by atoms with Crippen molar-refractivity contribution in [3.05, 3.63) is 94.1 Å². The molecule has 212 valence electrons. The van der Waals surface area contributed by atoms with Crippen molar-refractivity contribution in [2.45, 2.75) is 102 Å². The maximum Gasteiger partial charge on any atom is 0.126 e. The smallest absolute Gasteiger partial charge is 0.126 e. The predicted molar refractivity (Wildman–Crippen MR) is 175 cm³/mol. The van der Waals surface area contributed by atoms with Gasteiger partial charge < -0.3 is 4.74 Å². The Balaban J connectivity index is 0. The molecule has 0 saturated carbocycles. The number of nitrogens with zero attached hydrogens (tertiary/aromatic N) is 1. The first-order chi connectivity index (χ1) is 18.5. The number of methoxy groups -OCH3 is 1. The first kappa shape index (κ1) is 37.3. The van der Waals surface area contributed by atoms with E-state index in [0.29, 0.717) is 0 Å². The van der Waals surface area contributed by atoms with Crippen LogP contribution >= 0.6 is 0 Å². The third kappa shape index (κ3) is 12.1. The Labute approximate surface area is 236 Å². The minimum absolute atomic E-state index is 0.791. The number of benzene rings is 2. The summed E-state index contributed by atoms with van der Waals surface area (Å²) in [6.07, 6.45) is 10.5. The van der Waals surface area contributed by atoms with Gasteiger partial charge in [-0.05, 0) is 68.2 Å². The lowest BCUT2D eigenvalue weighted by atomic mass is 9.85. The van der Waals surface area contributed by atoms with Gasteiger partial charge in [0.1, 0.15) is 5.75 Å². The first-order valence-electron chi connectivity index (χ1n) is 14.8. The van der Waals surface area contributed by atoms with Gasteiger partial charge in [0.25, 0.3) is 0 Å². The van der Waals surface area contributed by atoms with Gasteiger partial charge in [-0.3, -0.25) is 4.99 Å². The van der Waals surface area contributed by atoms with E-state index in [9.17, 15) is 0 Å². The summed E-state index contributed by atoms with van der Waals surface area (Å²) in [4.78, 5) is 4.54. The van der Waals surface area contributed by atoms with Crippen LogP contribution in [0.15, 0.2) is 76.8 Å². The highest BCUT2D eigenvalue weighted by Gasteiger charge is 2.19. The van der Waals surface area contributed by atoms with Crippen molar-refractivity contribution in [1.29, 1.82) is 0 Å². The van der Waals surface area contributed by atoms with Gasteiger partial charge >= 0.3 is 0 Å². The Bertz CT molecular complexity index is 1020. The highest BCUT2D eigenvalue weighted by Crippen LogP contribution is 2.38. The van der Waals surface area contributed by atoms with Crippen molar-refractivity contribution in [1.82, 2.24) is 0 Å². The molecule has 2 aromatic rings. The largest absolute Gasteiger partial charge is 0.496 e. The number of ether oxygens (including phenoxy) is 1. The SMILES string of the molecule is CC.CC.CC.CCCCC.CCN=C1C=C/C(=C(/c2ccc(C)cc2C)c2ccccc2OC)C(C)=C1. The molecular formula is C36H57NO. The van der Waals surface area contributed by atoms with Crippen LogP contribution in [0.1, 0.15) is 111 Å². The molecule has 0 saturated heterocycles. The fourth-order valence-electron chi connectivity index (χ4n) is 3.94. The molecular weight excluding hydrogens is 462 g/mol. The Hall–Kier alpha value is -2.87. The standard InChI is InChI=1S/C25H27NO.C5H12.3C2H6/c1-6-26-20-12-14-22(19(4)16-20)25(21-13-11-17(2)15-18(21)3)23-9-7-8-10-24(23)27-5;1-3-5-4-2;3*1-2/h7-16H,6H2,1-5H3;3-5H2,1-2H3;3*1-2H3/b25-22+,26-20?;;;;. The maximum atomic E-state index is 5.70. The van der Waals surface area contributed by atoms with Crippen molar-refractivity contribution in [2.24, 2.45) is 4.99 Å². The summed E-state index contributed by atoms with van der Waals surface area (Å²) in [5, 5.41) is 0. The van der Waals surface area contributed by atoms with Gasteiger partial charge in [-0.1, -0.05) is 123 Å². The summed E-state index contributed by atoms with van der Waals surface area (Å²) in [6.45, 7) is 25.7. The average Bonchev–Trinajstić information content (AvgIpc) is 2.95. The van der Waals surface area contributed by atoms with Crippen molar-refractivity contribution in [3.8, 4) is 5.75 Å². The summed E-state index contributed by atoms with van der Waals surface area (Å²) in [7, 11) is 1.73. The highest BCUT2D eigenvalue weighted by molar-refractivity contribution is 6.08. The van der Waals surface area contributed by atoms with Crippen molar-refractivity contribution < 1.29 is 4.74 Å². The molecule has 0 unspecified atom stereocenters. The van der Waals surface area contributed by atoms with E-state index in [1.54, 1.807) is 7.11 Å². The molecule has 0 amide bonds. The van der Waals surface area contributed by atoms with Gasteiger partial charge in [-0.15, -0.1) is 0 Å². The molecule has 38 heavy (non-hydrogen) atoms. The van der Waals surface area contributed by atoms with E-state index in [4.69, 9.17) is 4.74 Å². The fraction of sp³-hybridized carbons (Fsp3) is 0.472. The van der Waals surface area contributed by atoms with Crippen LogP contribution in [0.25, 0.3) is 5.57 Å². The third-order valence-corrected chi connectivity index (χ3v) is 5.55. The molecule has 1 aliphatic carbocycles. The van der Waals surface area contributed by atoms with Crippen LogP contribution in [0.2, 0.25) is 0 Å². The Morgan fingerprint density at radius 1 is 0.763 bits per heavy atom. The summed E-state index contributed by atoms with van der Waals surface area (Å²) in [5.41, 5.74) is 9.52. The molecule has 0 fully saturated rings. The minimum Gasteiger partial charge on any atom is -0.496 e. The molecule has 1 aliphatic rings. The average molecular weight is 520 g/mol. The molecule has 0 atom stereocenters. The van der Waals surface area contributed by atoms with E-state index in [2.05, 4.69) is 95.1 Å². The van der Waals surface area contributed by atoms with E-state index in [0.717, 1.165) is 23.6 Å². The Morgan fingerprint density at radius 2 is 1.37 bits per heavy atom. The summed E-state index contributed by atoms with van der Waals surface area (Å²) >= 11 is 0. The van der Waals surface area contributed by atoms with Crippen LogP contribution in [0.3, 0.4) is 0 Å². The van der Waals surface area contributed by atoms with E-state index in [1.165, 1.54) is 52.7 Å². The number of rotatable bonds is 6. The number of allylic oxidation sites excluding steroid dienone is 5. The lowest BCUT2D eigenvalue weighted by Gasteiger charge is -2.21.